The lowest BCUT2D eigenvalue weighted by molar-refractivity contribution is 0.0944. The maximum Gasteiger partial charge on any atom is 0.261 e. The van der Waals surface area contributed by atoms with Gasteiger partial charge in [0, 0.05) is 29.9 Å². The van der Waals surface area contributed by atoms with E-state index in [1.165, 1.54) is 10.4 Å². The van der Waals surface area contributed by atoms with E-state index in [0.717, 1.165) is 39.4 Å². The van der Waals surface area contributed by atoms with Crippen LogP contribution in [0.4, 0.5) is 11.6 Å². The van der Waals surface area contributed by atoms with Crippen molar-refractivity contribution < 1.29 is 4.79 Å². The van der Waals surface area contributed by atoms with Crippen LogP contribution >= 0.6 is 11.3 Å². The summed E-state index contributed by atoms with van der Waals surface area (Å²) in [5.41, 5.74) is 6.01. The second-order valence-electron chi connectivity index (χ2n) is 8.13. The van der Waals surface area contributed by atoms with Gasteiger partial charge in [-0.3, -0.25) is 9.48 Å². The summed E-state index contributed by atoms with van der Waals surface area (Å²) in [6, 6.07) is 9.95. The molecule has 2 N–H and O–H groups in total. The average molecular weight is 461 g/mol. The fourth-order valence-corrected chi connectivity index (χ4v) is 4.86. The number of carbonyl (C=O) groups excluding carboxylic acids is 1. The van der Waals surface area contributed by atoms with Crippen molar-refractivity contribution in [2.24, 2.45) is 7.05 Å². The van der Waals surface area contributed by atoms with E-state index in [2.05, 4.69) is 58.6 Å². The molecule has 0 aliphatic heterocycles. The number of aryl methyl sites for hydroxylation is 4. The zero-order chi connectivity index (χ0) is 23.5. The number of aromatic nitrogens is 4. The third kappa shape index (κ3) is 5.12. The van der Waals surface area contributed by atoms with Crippen molar-refractivity contribution in [2.75, 3.05) is 5.32 Å². The summed E-state index contributed by atoms with van der Waals surface area (Å²) in [5.74, 6) is 0.487. The van der Waals surface area contributed by atoms with E-state index < -0.39 is 0 Å². The number of carbonyl (C=O) groups is 1. The van der Waals surface area contributed by atoms with Crippen molar-refractivity contribution in [1.82, 2.24) is 25.1 Å². The molecule has 0 aliphatic carbocycles. The van der Waals surface area contributed by atoms with Gasteiger partial charge in [-0.05, 0) is 62.1 Å². The largest absolute Gasteiger partial charge is 0.345 e. The Morgan fingerprint density at radius 2 is 2.00 bits per heavy atom. The zero-order valence-electron chi connectivity index (χ0n) is 19.5. The van der Waals surface area contributed by atoms with E-state index in [4.69, 9.17) is 0 Å². The highest BCUT2D eigenvalue weighted by Gasteiger charge is 2.17. The topological polar surface area (TPSA) is 84.7 Å². The average Bonchev–Trinajstić information content (AvgIpc) is 3.38. The van der Waals surface area contributed by atoms with Crippen LogP contribution in [0.2, 0.25) is 0 Å². The van der Waals surface area contributed by atoms with Crippen LogP contribution in [0.1, 0.15) is 51.1 Å². The second-order valence-corrected chi connectivity index (χ2v) is 9.27. The van der Waals surface area contributed by atoms with Gasteiger partial charge in [-0.1, -0.05) is 19.1 Å². The van der Waals surface area contributed by atoms with Crippen LogP contribution in [0.3, 0.4) is 0 Å². The molecule has 4 rings (SSSR count). The zero-order valence-corrected chi connectivity index (χ0v) is 20.3. The molecule has 3 aromatic heterocycles. The minimum atomic E-state index is -0.104. The van der Waals surface area contributed by atoms with Crippen LogP contribution in [0, 0.1) is 13.8 Å². The van der Waals surface area contributed by atoms with Crippen molar-refractivity contribution in [3.8, 4) is 11.3 Å². The number of hydrogen-bond acceptors (Lipinski definition) is 6. The van der Waals surface area contributed by atoms with Crippen LogP contribution < -0.4 is 10.6 Å². The van der Waals surface area contributed by atoms with Gasteiger partial charge in [-0.25, -0.2) is 9.97 Å². The predicted molar refractivity (Wildman–Crippen MR) is 133 cm³/mol. The molecule has 4 aromatic rings. The number of benzene rings is 1. The second kappa shape index (κ2) is 9.54. The number of hydrogen-bond donors (Lipinski definition) is 2. The first-order chi connectivity index (χ1) is 15.8. The molecular formula is C25H28N6OS. The lowest BCUT2D eigenvalue weighted by atomic mass is 9.98. The first-order valence-corrected chi connectivity index (χ1v) is 11.8. The molecule has 0 saturated carbocycles. The molecule has 0 aliphatic rings. The Morgan fingerprint density at radius 1 is 1.18 bits per heavy atom. The molecule has 0 fully saturated rings. The fourth-order valence-electron chi connectivity index (χ4n) is 3.84. The SMILES string of the molecule is CCc1sc(C(=O)NC(C)c2ccc(-c3ccnc(Nc4cnn(C)c4)n3)cc2C)cc1C. The molecule has 1 unspecified atom stereocenters. The first kappa shape index (κ1) is 22.7. The fraction of sp³-hybridized carbons (Fsp3) is 0.280. The van der Waals surface area contributed by atoms with Gasteiger partial charge in [-0.15, -0.1) is 11.3 Å². The lowest BCUT2D eigenvalue weighted by Crippen LogP contribution is -2.26. The Morgan fingerprint density at radius 3 is 2.67 bits per heavy atom. The third-order valence-electron chi connectivity index (χ3n) is 5.56. The van der Waals surface area contributed by atoms with Gasteiger partial charge in [-0.2, -0.15) is 5.10 Å². The highest BCUT2D eigenvalue weighted by Crippen LogP contribution is 2.27. The van der Waals surface area contributed by atoms with Crippen LogP contribution in [0.15, 0.2) is 48.9 Å². The molecule has 1 atom stereocenters. The minimum Gasteiger partial charge on any atom is -0.345 e. The molecule has 0 radical (unpaired) electrons. The van der Waals surface area contributed by atoms with Crippen LogP contribution in [-0.2, 0) is 13.5 Å². The maximum atomic E-state index is 12.8. The number of rotatable bonds is 7. The molecule has 170 valence electrons. The molecule has 0 spiro atoms. The number of anilines is 2. The summed E-state index contributed by atoms with van der Waals surface area (Å²) < 4.78 is 1.72. The van der Waals surface area contributed by atoms with Gasteiger partial charge in [0.15, 0.2) is 0 Å². The minimum absolute atomic E-state index is 0.0271. The Balaban J connectivity index is 1.49. The van der Waals surface area contributed by atoms with E-state index in [0.29, 0.717) is 5.95 Å². The van der Waals surface area contributed by atoms with E-state index in [9.17, 15) is 4.79 Å². The smallest absolute Gasteiger partial charge is 0.261 e. The van der Waals surface area contributed by atoms with Crippen molar-refractivity contribution in [1.29, 1.82) is 0 Å². The Bertz CT molecular complexity index is 1290. The van der Waals surface area contributed by atoms with E-state index in [1.807, 2.05) is 38.4 Å². The lowest BCUT2D eigenvalue weighted by Gasteiger charge is -2.17. The van der Waals surface area contributed by atoms with Crippen molar-refractivity contribution >= 4 is 28.9 Å². The van der Waals surface area contributed by atoms with Crippen LogP contribution in [0.5, 0.6) is 0 Å². The Labute approximate surface area is 197 Å². The molecule has 0 bridgehead atoms. The summed E-state index contributed by atoms with van der Waals surface area (Å²) >= 11 is 1.57. The summed E-state index contributed by atoms with van der Waals surface area (Å²) in [6.45, 7) is 8.25. The van der Waals surface area contributed by atoms with Crippen molar-refractivity contribution in [2.45, 2.75) is 40.2 Å². The van der Waals surface area contributed by atoms with E-state index in [-0.39, 0.29) is 11.9 Å². The Hall–Kier alpha value is -3.52. The summed E-state index contributed by atoms with van der Waals surface area (Å²) in [5, 5.41) is 10.5. The highest BCUT2D eigenvalue weighted by atomic mass is 32.1. The van der Waals surface area contributed by atoms with Gasteiger partial charge >= 0.3 is 0 Å². The number of nitrogens with one attached hydrogen (secondary N) is 2. The Kier molecular flexibility index (Phi) is 6.55. The summed E-state index contributed by atoms with van der Waals surface area (Å²) in [4.78, 5) is 23.7. The van der Waals surface area contributed by atoms with Gasteiger partial charge in [0.25, 0.3) is 5.91 Å². The molecular weight excluding hydrogens is 432 g/mol. The molecule has 3 heterocycles. The number of thiophene rings is 1. The standard InChI is InChI=1S/C25H28N6OS/c1-6-22-16(3)12-23(33-22)24(32)28-17(4)20-8-7-18(11-15(20)2)21-9-10-26-25(30-21)29-19-13-27-31(5)14-19/h7-14,17H,6H2,1-5H3,(H,28,32)(H,26,29,30). The van der Waals surface area contributed by atoms with Crippen molar-refractivity contribution in [3.63, 3.8) is 0 Å². The number of amides is 1. The molecule has 8 heteroatoms. The summed E-state index contributed by atoms with van der Waals surface area (Å²) in [7, 11) is 1.86. The van der Waals surface area contributed by atoms with E-state index >= 15 is 0 Å². The molecule has 1 amide bonds. The monoisotopic (exact) mass is 460 g/mol. The molecule has 7 nitrogen and oxygen atoms in total. The van der Waals surface area contributed by atoms with Gasteiger partial charge < -0.3 is 10.6 Å². The summed E-state index contributed by atoms with van der Waals surface area (Å²) in [6.07, 6.45) is 6.28. The normalized spacial score (nSPS) is 11.9. The molecule has 0 saturated heterocycles. The maximum absolute atomic E-state index is 12.8. The van der Waals surface area contributed by atoms with Gasteiger partial charge in [0.2, 0.25) is 5.95 Å². The van der Waals surface area contributed by atoms with Gasteiger partial charge in [0.05, 0.1) is 28.5 Å². The highest BCUT2D eigenvalue weighted by molar-refractivity contribution is 7.14. The van der Waals surface area contributed by atoms with Crippen molar-refractivity contribution in [3.05, 3.63) is 75.4 Å². The third-order valence-corrected chi connectivity index (χ3v) is 6.94. The van der Waals surface area contributed by atoms with Crippen LogP contribution in [-0.4, -0.2) is 25.7 Å². The quantitative estimate of drug-likeness (QED) is 0.388. The van der Waals surface area contributed by atoms with Gasteiger partial charge in [0.1, 0.15) is 0 Å². The van der Waals surface area contributed by atoms with E-state index in [1.54, 1.807) is 28.4 Å². The first-order valence-electron chi connectivity index (χ1n) is 10.9. The van der Waals surface area contributed by atoms with Crippen LogP contribution in [0.25, 0.3) is 11.3 Å². The molecule has 33 heavy (non-hydrogen) atoms. The predicted octanol–water partition coefficient (Wildman–Crippen LogP) is 5.35. The molecule has 1 aromatic carbocycles. The number of nitrogens with zero attached hydrogens (tertiary/aromatic N) is 4.